The summed E-state index contributed by atoms with van der Waals surface area (Å²) in [5.41, 5.74) is 2.24. The van der Waals surface area contributed by atoms with E-state index >= 15 is 0 Å². The minimum Gasteiger partial charge on any atom is -0.292 e. The van der Waals surface area contributed by atoms with Crippen LogP contribution in [0.2, 0.25) is 5.02 Å². The van der Waals surface area contributed by atoms with Crippen molar-refractivity contribution >= 4 is 28.3 Å². The van der Waals surface area contributed by atoms with E-state index in [1.54, 1.807) is 24.5 Å². The fraction of sp³-hybridized carbons (Fsp3) is 0.0625. The van der Waals surface area contributed by atoms with Crippen molar-refractivity contribution in [1.82, 2.24) is 9.97 Å². The summed E-state index contributed by atoms with van der Waals surface area (Å²) in [5.74, 6) is -0.00101. The Morgan fingerprint density at radius 3 is 2.80 bits per heavy atom. The number of carbonyl (C=O) groups is 1. The first-order valence-corrected chi connectivity index (χ1v) is 6.58. The van der Waals surface area contributed by atoms with Crippen LogP contribution in [0.1, 0.15) is 16.1 Å². The Morgan fingerprint density at radius 2 is 2.00 bits per heavy atom. The monoisotopic (exact) mass is 282 g/mol. The van der Waals surface area contributed by atoms with Gasteiger partial charge < -0.3 is 0 Å². The standard InChI is InChI=1S/C16H11ClN2O/c17-13-9-12-5-4-11(7-15(12)19-10-13)8-16(20)14-3-1-2-6-18-14/h1-7,9-10H,8H2. The predicted octanol–water partition coefficient (Wildman–Crippen LogP) is 3.71. The first-order chi connectivity index (χ1) is 9.72. The molecule has 0 aliphatic carbocycles. The van der Waals surface area contributed by atoms with Crippen molar-refractivity contribution < 1.29 is 4.79 Å². The van der Waals surface area contributed by atoms with Crippen molar-refractivity contribution in [2.24, 2.45) is 0 Å². The largest absolute Gasteiger partial charge is 0.292 e. The molecule has 98 valence electrons. The van der Waals surface area contributed by atoms with Crippen LogP contribution in [0, 0.1) is 0 Å². The molecule has 1 aromatic carbocycles. The fourth-order valence-corrected chi connectivity index (χ4v) is 2.22. The van der Waals surface area contributed by atoms with Gasteiger partial charge in [-0.3, -0.25) is 14.8 Å². The highest BCUT2D eigenvalue weighted by Gasteiger charge is 2.08. The molecule has 4 heteroatoms. The van der Waals surface area contributed by atoms with Crippen molar-refractivity contribution in [2.75, 3.05) is 0 Å². The molecule has 0 N–H and O–H groups in total. The van der Waals surface area contributed by atoms with Crippen LogP contribution in [-0.4, -0.2) is 15.8 Å². The average molecular weight is 283 g/mol. The number of fused-ring (bicyclic) bond motifs is 1. The van der Waals surface area contributed by atoms with E-state index < -0.39 is 0 Å². The minimum atomic E-state index is -0.00101. The molecule has 3 rings (SSSR count). The molecular weight excluding hydrogens is 272 g/mol. The Balaban J connectivity index is 1.88. The van der Waals surface area contributed by atoms with Gasteiger partial charge in [0.2, 0.25) is 0 Å². The van der Waals surface area contributed by atoms with Crippen LogP contribution < -0.4 is 0 Å². The molecule has 0 unspecified atom stereocenters. The Hall–Kier alpha value is -2.26. The van der Waals surface area contributed by atoms with Gasteiger partial charge in [-0.1, -0.05) is 29.8 Å². The first kappa shape index (κ1) is 12.8. The van der Waals surface area contributed by atoms with Gasteiger partial charge in [0.1, 0.15) is 5.69 Å². The van der Waals surface area contributed by atoms with E-state index in [0.717, 1.165) is 16.5 Å². The van der Waals surface area contributed by atoms with Gasteiger partial charge in [0.05, 0.1) is 10.5 Å². The number of hydrogen-bond donors (Lipinski definition) is 0. The highest BCUT2D eigenvalue weighted by atomic mass is 35.5. The van der Waals surface area contributed by atoms with Gasteiger partial charge in [-0.05, 0) is 29.8 Å². The lowest BCUT2D eigenvalue weighted by Gasteiger charge is -2.03. The molecule has 0 aliphatic heterocycles. The summed E-state index contributed by atoms with van der Waals surface area (Å²) < 4.78 is 0. The lowest BCUT2D eigenvalue weighted by molar-refractivity contribution is 0.0988. The number of rotatable bonds is 3. The van der Waals surface area contributed by atoms with Crippen LogP contribution in [0.4, 0.5) is 0 Å². The van der Waals surface area contributed by atoms with Crippen molar-refractivity contribution in [3.05, 3.63) is 71.1 Å². The lowest BCUT2D eigenvalue weighted by atomic mass is 10.0. The molecule has 3 nitrogen and oxygen atoms in total. The SMILES string of the molecule is O=C(Cc1ccc2cc(Cl)cnc2c1)c1ccccn1. The number of ketones is 1. The smallest absolute Gasteiger partial charge is 0.185 e. The third-order valence-corrected chi connectivity index (χ3v) is 3.24. The molecular formula is C16H11ClN2O. The molecule has 3 aromatic rings. The van der Waals surface area contributed by atoms with Gasteiger partial charge in [0.15, 0.2) is 5.78 Å². The summed E-state index contributed by atoms with van der Waals surface area (Å²) in [6.45, 7) is 0. The van der Waals surface area contributed by atoms with Gasteiger partial charge >= 0.3 is 0 Å². The van der Waals surface area contributed by atoms with Crippen LogP contribution >= 0.6 is 11.6 Å². The zero-order valence-electron chi connectivity index (χ0n) is 10.6. The quantitative estimate of drug-likeness (QED) is 0.688. The van der Waals surface area contributed by atoms with Gasteiger partial charge in [0, 0.05) is 24.2 Å². The summed E-state index contributed by atoms with van der Waals surface area (Å²) >= 11 is 5.90. The van der Waals surface area contributed by atoms with Crippen LogP contribution in [0.3, 0.4) is 0 Å². The van der Waals surface area contributed by atoms with Crippen molar-refractivity contribution in [1.29, 1.82) is 0 Å². The van der Waals surface area contributed by atoms with Crippen molar-refractivity contribution in [3.63, 3.8) is 0 Å². The molecule has 0 fully saturated rings. The molecule has 2 aromatic heterocycles. The van der Waals surface area contributed by atoms with E-state index in [9.17, 15) is 4.79 Å². The second-order valence-electron chi connectivity index (χ2n) is 4.50. The summed E-state index contributed by atoms with van der Waals surface area (Å²) in [5, 5.41) is 1.57. The molecule has 2 heterocycles. The third-order valence-electron chi connectivity index (χ3n) is 3.03. The maximum absolute atomic E-state index is 12.1. The third kappa shape index (κ3) is 2.68. The summed E-state index contributed by atoms with van der Waals surface area (Å²) in [6.07, 6.45) is 3.54. The zero-order chi connectivity index (χ0) is 13.9. The van der Waals surface area contributed by atoms with Crippen LogP contribution in [-0.2, 0) is 6.42 Å². The molecule has 20 heavy (non-hydrogen) atoms. The van der Waals surface area contributed by atoms with Gasteiger partial charge in [-0.2, -0.15) is 0 Å². The molecule has 0 saturated heterocycles. The van der Waals surface area contributed by atoms with Crippen molar-refractivity contribution in [3.8, 4) is 0 Å². The number of Topliss-reactive ketones (excluding diaryl/α,β-unsaturated/α-hetero) is 1. The average Bonchev–Trinajstić information content (AvgIpc) is 2.48. The first-order valence-electron chi connectivity index (χ1n) is 6.21. The van der Waals surface area contributed by atoms with Crippen LogP contribution in [0.25, 0.3) is 10.9 Å². The van der Waals surface area contributed by atoms with E-state index in [-0.39, 0.29) is 5.78 Å². The predicted molar refractivity (Wildman–Crippen MR) is 79.0 cm³/mol. The fourth-order valence-electron chi connectivity index (χ4n) is 2.05. The molecule has 0 atom stereocenters. The van der Waals surface area contributed by atoms with E-state index in [1.807, 2.05) is 30.3 Å². The number of hydrogen-bond acceptors (Lipinski definition) is 3. The lowest BCUT2D eigenvalue weighted by Crippen LogP contribution is -2.05. The molecule has 0 amide bonds. The number of carbonyl (C=O) groups excluding carboxylic acids is 1. The van der Waals surface area contributed by atoms with Gasteiger partial charge in [-0.25, -0.2) is 0 Å². The number of benzene rings is 1. The van der Waals surface area contributed by atoms with Gasteiger partial charge in [-0.15, -0.1) is 0 Å². The summed E-state index contributed by atoms with van der Waals surface area (Å²) in [7, 11) is 0. The number of aromatic nitrogens is 2. The van der Waals surface area contributed by atoms with Crippen molar-refractivity contribution in [2.45, 2.75) is 6.42 Å². The van der Waals surface area contributed by atoms with Crippen LogP contribution in [0.15, 0.2) is 54.9 Å². The molecule has 0 aliphatic rings. The van der Waals surface area contributed by atoms with Crippen LogP contribution in [0.5, 0.6) is 0 Å². The Bertz CT molecular complexity index is 772. The summed E-state index contributed by atoms with van der Waals surface area (Å²) in [4.78, 5) is 20.4. The minimum absolute atomic E-state index is 0.00101. The molecule has 0 saturated carbocycles. The Morgan fingerprint density at radius 1 is 1.10 bits per heavy atom. The zero-order valence-corrected chi connectivity index (χ0v) is 11.3. The van der Waals surface area contributed by atoms with E-state index in [2.05, 4.69) is 9.97 Å². The number of halogens is 1. The number of nitrogens with zero attached hydrogens (tertiary/aromatic N) is 2. The number of pyridine rings is 2. The molecule has 0 bridgehead atoms. The maximum Gasteiger partial charge on any atom is 0.185 e. The maximum atomic E-state index is 12.1. The molecule has 0 radical (unpaired) electrons. The normalized spacial score (nSPS) is 10.7. The van der Waals surface area contributed by atoms with Gasteiger partial charge in [0.25, 0.3) is 0 Å². The van der Waals surface area contributed by atoms with E-state index in [4.69, 9.17) is 11.6 Å². The Labute approximate surface area is 121 Å². The molecule has 0 spiro atoms. The van der Waals surface area contributed by atoms with E-state index in [1.165, 1.54) is 0 Å². The highest BCUT2D eigenvalue weighted by molar-refractivity contribution is 6.31. The topological polar surface area (TPSA) is 42.9 Å². The Kier molecular flexibility index (Phi) is 3.44. The second-order valence-corrected chi connectivity index (χ2v) is 4.93. The summed E-state index contributed by atoms with van der Waals surface area (Å²) in [6, 6.07) is 12.9. The second kappa shape index (κ2) is 5.39. The highest BCUT2D eigenvalue weighted by Crippen LogP contribution is 2.18. The van der Waals surface area contributed by atoms with E-state index in [0.29, 0.717) is 17.1 Å².